The summed E-state index contributed by atoms with van der Waals surface area (Å²) in [5.41, 5.74) is 0.848. The average molecular weight is 327 g/mol. The van der Waals surface area contributed by atoms with Crippen LogP contribution in [0.2, 0.25) is 15.1 Å². The van der Waals surface area contributed by atoms with E-state index in [2.05, 4.69) is 0 Å². The number of benzene rings is 2. The summed E-state index contributed by atoms with van der Waals surface area (Å²) in [6.45, 7) is 0. The molecule has 0 fully saturated rings. The normalized spacial score (nSPS) is 11.2. The maximum absolute atomic E-state index is 13.8. The largest absolute Gasteiger partial charge is 0.206 e. The highest BCUT2D eigenvalue weighted by molar-refractivity contribution is 6.43. The number of halogens is 4. The van der Waals surface area contributed by atoms with Gasteiger partial charge in [0.05, 0.1) is 21.7 Å². The SMILES string of the molecule is N#C/C(=C\c1cccc(Cl)c1Cl)c1ccc(Cl)cc1F. The lowest BCUT2D eigenvalue weighted by molar-refractivity contribution is 0.624. The van der Waals surface area contributed by atoms with E-state index in [0.717, 1.165) is 6.07 Å². The van der Waals surface area contributed by atoms with E-state index in [9.17, 15) is 9.65 Å². The maximum Gasteiger partial charge on any atom is 0.133 e. The lowest BCUT2D eigenvalue weighted by Crippen LogP contribution is -1.88. The monoisotopic (exact) mass is 325 g/mol. The van der Waals surface area contributed by atoms with Crippen molar-refractivity contribution in [1.29, 1.82) is 5.26 Å². The second-order valence-electron chi connectivity index (χ2n) is 3.94. The molecule has 0 N–H and O–H groups in total. The molecule has 0 aromatic heterocycles. The Bertz CT molecular complexity index is 732. The van der Waals surface area contributed by atoms with E-state index in [1.807, 2.05) is 6.07 Å². The van der Waals surface area contributed by atoms with Gasteiger partial charge in [0, 0.05) is 10.6 Å². The van der Waals surface area contributed by atoms with Gasteiger partial charge in [-0.3, -0.25) is 0 Å². The molecule has 2 aromatic carbocycles. The molecule has 20 heavy (non-hydrogen) atoms. The van der Waals surface area contributed by atoms with Gasteiger partial charge >= 0.3 is 0 Å². The second-order valence-corrected chi connectivity index (χ2v) is 5.16. The summed E-state index contributed by atoms with van der Waals surface area (Å²) in [7, 11) is 0. The fourth-order valence-corrected chi connectivity index (χ4v) is 2.19. The Kier molecular flexibility index (Phi) is 4.67. The van der Waals surface area contributed by atoms with Gasteiger partial charge in [0.2, 0.25) is 0 Å². The first-order valence-corrected chi connectivity index (χ1v) is 6.67. The minimum Gasteiger partial charge on any atom is -0.206 e. The summed E-state index contributed by atoms with van der Waals surface area (Å²) in [4.78, 5) is 0. The molecule has 2 rings (SSSR count). The number of rotatable bonds is 2. The van der Waals surface area contributed by atoms with Crippen LogP contribution in [-0.2, 0) is 0 Å². The molecule has 0 unspecified atom stereocenters. The number of hydrogen-bond acceptors (Lipinski definition) is 1. The highest BCUT2D eigenvalue weighted by atomic mass is 35.5. The summed E-state index contributed by atoms with van der Waals surface area (Å²) in [6, 6.07) is 11.1. The van der Waals surface area contributed by atoms with Crippen molar-refractivity contribution in [1.82, 2.24) is 0 Å². The van der Waals surface area contributed by atoms with Gasteiger partial charge in [-0.05, 0) is 35.9 Å². The van der Waals surface area contributed by atoms with Crippen LogP contribution in [0, 0.1) is 17.1 Å². The van der Waals surface area contributed by atoms with Gasteiger partial charge in [-0.15, -0.1) is 0 Å². The molecule has 0 atom stereocenters. The van der Waals surface area contributed by atoms with Crippen LogP contribution in [0.1, 0.15) is 11.1 Å². The van der Waals surface area contributed by atoms with E-state index < -0.39 is 5.82 Å². The van der Waals surface area contributed by atoms with Gasteiger partial charge in [0.25, 0.3) is 0 Å². The standard InChI is InChI=1S/C15H7Cl3FN/c16-11-4-5-12(14(19)7-11)10(8-20)6-9-2-1-3-13(17)15(9)18/h1-7H/b10-6+. The van der Waals surface area contributed by atoms with Crippen LogP contribution in [0.4, 0.5) is 4.39 Å². The van der Waals surface area contributed by atoms with Crippen LogP contribution < -0.4 is 0 Å². The van der Waals surface area contributed by atoms with Crippen molar-refractivity contribution in [3.63, 3.8) is 0 Å². The van der Waals surface area contributed by atoms with E-state index in [-0.39, 0.29) is 16.2 Å². The molecule has 0 saturated carbocycles. The molecular formula is C15H7Cl3FN. The first-order chi connectivity index (χ1) is 9.52. The Morgan fingerprint density at radius 2 is 1.90 bits per heavy atom. The number of nitriles is 1. The molecule has 5 heteroatoms. The zero-order valence-corrected chi connectivity index (χ0v) is 12.3. The van der Waals surface area contributed by atoms with Crippen LogP contribution in [0.3, 0.4) is 0 Å². The molecule has 2 aromatic rings. The minimum atomic E-state index is -0.566. The van der Waals surface area contributed by atoms with Crippen molar-refractivity contribution in [2.24, 2.45) is 0 Å². The molecule has 0 radical (unpaired) electrons. The Morgan fingerprint density at radius 3 is 2.55 bits per heavy atom. The summed E-state index contributed by atoms with van der Waals surface area (Å²) in [5, 5.41) is 10.2. The van der Waals surface area contributed by atoms with E-state index >= 15 is 0 Å². The third kappa shape index (κ3) is 3.13. The molecule has 1 nitrogen and oxygen atoms in total. The van der Waals surface area contributed by atoms with Gasteiger partial charge < -0.3 is 0 Å². The summed E-state index contributed by atoms with van der Waals surface area (Å²) < 4.78 is 13.8. The Labute approximate surface area is 130 Å². The summed E-state index contributed by atoms with van der Waals surface area (Å²) >= 11 is 17.6. The molecule has 0 heterocycles. The molecule has 0 aliphatic rings. The van der Waals surface area contributed by atoms with Crippen LogP contribution in [0.25, 0.3) is 11.6 Å². The highest BCUT2D eigenvalue weighted by Crippen LogP contribution is 2.30. The zero-order valence-electron chi connectivity index (χ0n) is 10.0. The lowest BCUT2D eigenvalue weighted by Gasteiger charge is -2.04. The second kappa shape index (κ2) is 6.28. The summed E-state index contributed by atoms with van der Waals surface area (Å²) in [6.07, 6.45) is 1.49. The molecule has 0 bridgehead atoms. The molecule has 0 aliphatic carbocycles. The predicted octanol–water partition coefficient (Wildman–Crippen LogP) is 5.85. The quantitative estimate of drug-likeness (QED) is 0.501. The van der Waals surface area contributed by atoms with E-state index in [4.69, 9.17) is 34.8 Å². The molecular weight excluding hydrogens is 320 g/mol. The van der Waals surface area contributed by atoms with Crippen molar-refractivity contribution in [2.75, 3.05) is 0 Å². The molecule has 100 valence electrons. The third-order valence-electron chi connectivity index (χ3n) is 2.62. The van der Waals surface area contributed by atoms with Crippen LogP contribution in [0.15, 0.2) is 36.4 Å². The number of nitrogens with zero attached hydrogens (tertiary/aromatic N) is 1. The van der Waals surface area contributed by atoms with Crippen molar-refractivity contribution in [2.45, 2.75) is 0 Å². The smallest absolute Gasteiger partial charge is 0.133 e. The van der Waals surface area contributed by atoms with Crippen molar-refractivity contribution >= 4 is 46.5 Å². The topological polar surface area (TPSA) is 23.8 Å². The Balaban J connectivity index is 2.55. The Morgan fingerprint density at radius 1 is 1.15 bits per heavy atom. The minimum absolute atomic E-state index is 0.142. The van der Waals surface area contributed by atoms with Crippen molar-refractivity contribution in [3.8, 4) is 6.07 Å². The zero-order chi connectivity index (χ0) is 14.7. The molecule has 0 aliphatic heterocycles. The van der Waals surface area contributed by atoms with E-state index in [1.165, 1.54) is 18.2 Å². The van der Waals surface area contributed by atoms with Crippen molar-refractivity contribution in [3.05, 3.63) is 68.4 Å². The molecule has 0 spiro atoms. The van der Waals surface area contributed by atoms with Crippen LogP contribution in [0.5, 0.6) is 0 Å². The first kappa shape index (κ1) is 14.9. The number of hydrogen-bond donors (Lipinski definition) is 0. The van der Waals surface area contributed by atoms with Gasteiger partial charge in [0.1, 0.15) is 5.82 Å². The number of allylic oxidation sites excluding steroid dienone is 1. The van der Waals surface area contributed by atoms with E-state index in [0.29, 0.717) is 15.6 Å². The van der Waals surface area contributed by atoms with Crippen molar-refractivity contribution < 1.29 is 4.39 Å². The average Bonchev–Trinajstić information content (AvgIpc) is 2.41. The third-order valence-corrected chi connectivity index (χ3v) is 3.69. The van der Waals surface area contributed by atoms with Crippen LogP contribution >= 0.6 is 34.8 Å². The van der Waals surface area contributed by atoms with Gasteiger partial charge in [-0.2, -0.15) is 5.26 Å². The lowest BCUT2D eigenvalue weighted by atomic mass is 10.0. The maximum atomic E-state index is 13.8. The fraction of sp³-hybridized carbons (Fsp3) is 0. The highest BCUT2D eigenvalue weighted by Gasteiger charge is 2.10. The molecule has 0 saturated heterocycles. The Hall–Kier alpha value is -1.53. The van der Waals surface area contributed by atoms with Gasteiger partial charge in [0.15, 0.2) is 0 Å². The van der Waals surface area contributed by atoms with Gasteiger partial charge in [-0.25, -0.2) is 4.39 Å². The molecule has 0 amide bonds. The fourth-order valence-electron chi connectivity index (χ4n) is 1.67. The van der Waals surface area contributed by atoms with E-state index in [1.54, 1.807) is 18.2 Å². The van der Waals surface area contributed by atoms with Gasteiger partial charge in [-0.1, -0.05) is 46.9 Å². The van der Waals surface area contributed by atoms with Crippen LogP contribution in [-0.4, -0.2) is 0 Å². The predicted molar refractivity (Wildman–Crippen MR) is 81.4 cm³/mol. The summed E-state index contributed by atoms with van der Waals surface area (Å²) in [5.74, 6) is -0.566. The first-order valence-electron chi connectivity index (χ1n) is 5.54.